The van der Waals surface area contributed by atoms with Gasteiger partial charge in [-0.1, -0.05) is 13.8 Å². The average molecular weight is 785 g/mol. The highest BCUT2D eigenvalue weighted by Gasteiger charge is 2.25. The third-order valence-electron chi connectivity index (χ3n) is 5.48. The van der Waals surface area contributed by atoms with Crippen LogP contribution in [0.1, 0.15) is 13.8 Å². The Kier molecular flexibility index (Phi) is 19.1. The van der Waals surface area contributed by atoms with Crippen molar-refractivity contribution in [1.29, 1.82) is 0 Å². The Balaban J connectivity index is 0.000000652. The molecule has 0 spiro atoms. The first kappa shape index (κ1) is 48.7. The van der Waals surface area contributed by atoms with Gasteiger partial charge in [0.25, 0.3) is 0 Å². The Labute approximate surface area is 290 Å². The summed E-state index contributed by atoms with van der Waals surface area (Å²) in [7, 11) is 18.2. The Hall–Kier alpha value is -4.30. The van der Waals surface area contributed by atoms with Gasteiger partial charge in [-0.15, -0.1) is 0 Å². The minimum absolute atomic E-state index is 1.09. The first-order valence-electron chi connectivity index (χ1n) is 13.1. The second-order valence-electron chi connectivity index (χ2n) is 8.89. The van der Waals surface area contributed by atoms with Crippen LogP contribution in [-0.4, -0.2) is 44.5 Å². The number of halogens is 20. The van der Waals surface area contributed by atoms with Gasteiger partial charge in [-0.25, -0.2) is 87.8 Å². The van der Waals surface area contributed by atoms with Gasteiger partial charge in [0.2, 0.25) is 0 Å². The molecule has 0 atom stereocenters. The van der Waals surface area contributed by atoms with Crippen LogP contribution in [0.2, 0.25) is 0 Å². The summed E-state index contributed by atoms with van der Waals surface area (Å²) in [6.45, 7) is 6.39. The number of benzene rings is 4. The van der Waals surface area contributed by atoms with Crippen molar-refractivity contribution >= 4 is 53.2 Å². The van der Waals surface area contributed by atoms with Crippen LogP contribution >= 0.6 is 0 Å². The van der Waals surface area contributed by atoms with E-state index < -0.39 is 138 Å². The van der Waals surface area contributed by atoms with Gasteiger partial charge >= 0.3 is 0 Å². The summed E-state index contributed by atoms with van der Waals surface area (Å²) < 4.78 is 244. The molecule has 0 heterocycles. The van der Waals surface area contributed by atoms with Crippen LogP contribution in [0.25, 0.3) is 0 Å². The maximum absolute atomic E-state index is 12.3. The predicted octanol–water partition coefficient (Wildman–Crippen LogP) is 5.32. The molecule has 25 heteroatoms. The molecule has 0 fully saturated rings. The van der Waals surface area contributed by atoms with E-state index in [0.717, 1.165) is 13.1 Å². The summed E-state index contributed by atoms with van der Waals surface area (Å²) in [6, 6.07) is 0. The molecule has 0 unspecified atom stereocenters. The van der Waals surface area contributed by atoms with Crippen molar-refractivity contribution in [3.8, 4) is 0 Å². The normalized spacial score (nSPS) is 10.2. The molecular weight excluding hydrogens is 774 g/mol. The largest absolute Gasteiger partial charge is 0.317 e. The summed E-state index contributed by atoms with van der Waals surface area (Å²) in [5, 5.41) is 3.11. The lowest BCUT2D eigenvalue weighted by Gasteiger charge is -2.02. The molecule has 280 valence electrons. The van der Waals surface area contributed by atoms with Crippen LogP contribution in [0, 0.1) is 116 Å². The molecule has 0 bridgehead atoms. The van der Waals surface area contributed by atoms with Crippen molar-refractivity contribution in [3.05, 3.63) is 116 Å². The maximum atomic E-state index is 12.3. The predicted molar refractivity (Wildman–Crippen MR) is 151 cm³/mol. The highest BCUT2D eigenvalue weighted by molar-refractivity contribution is 6.33. The minimum Gasteiger partial charge on any atom is -0.317 e. The lowest BCUT2D eigenvalue weighted by molar-refractivity contribution is 0.384. The maximum Gasteiger partial charge on any atom is 0.200 e. The zero-order valence-corrected chi connectivity index (χ0v) is 25.8. The van der Waals surface area contributed by atoms with Crippen molar-refractivity contribution in [3.63, 3.8) is 0 Å². The molecule has 4 rings (SSSR count). The van der Waals surface area contributed by atoms with Crippen molar-refractivity contribution in [1.82, 2.24) is 5.32 Å². The zero-order chi connectivity index (χ0) is 42.0. The first-order chi connectivity index (χ1) is 24.3. The number of nitrogens with one attached hydrogen (secondary N) is 1. The number of rotatable bonds is 2. The smallest absolute Gasteiger partial charge is 0.200 e. The zero-order valence-electron chi connectivity index (χ0n) is 25.8. The van der Waals surface area contributed by atoms with Crippen molar-refractivity contribution in [2.24, 2.45) is 0 Å². The lowest BCUT2D eigenvalue weighted by atomic mass is 9.94. The van der Waals surface area contributed by atoms with Gasteiger partial charge in [0.05, 0.1) is 0 Å². The SMILES string of the molecule is CCNCC.[B]c1c(F)c(F)c(F)c(F)c1F.[B]c1c(F)c(F)c(F)c(F)c1F.[B]c1c(F)c(F)c(F)c(F)c1F.[B]c1c(F)c(F)c(F)c(F)c1F. The van der Waals surface area contributed by atoms with Gasteiger partial charge < -0.3 is 5.32 Å². The number of hydrogen-bond donors (Lipinski definition) is 1. The average Bonchev–Trinajstić information content (AvgIpc) is 3.15. The van der Waals surface area contributed by atoms with Crippen molar-refractivity contribution in [2.75, 3.05) is 13.1 Å². The standard InChI is InChI=1S/4C6BF5.C4H11N/c4*7-1-2(8)4(10)6(12)5(11)3(1)9;1-3-5-4-2/h;;;;5H,3-4H2,1-2H3. The fraction of sp³-hybridized carbons (Fsp3) is 0.143. The molecular formula is C28H11B4F20N. The first-order valence-corrected chi connectivity index (χ1v) is 13.1. The second kappa shape index (κ2) is 20.8. The highest BCUT2D eigenvalue weighted by Crippen LogP contribution is 2.17. The van der Waals surface area contributed by atoms with Gasteiger partial charge in [0.15, 0.2) is 116 Å². The fourth-order valence-corrected chi connectivity index (χ4v) is 2.74. The van der Waals surface area contributed by atoms with E-state index in [4.69, 9.17) is 0 Å². The minimum atomic E-state index is -2.21. The van der Waals surface area contributed by atoms with Crippen LogP contribution in [0.3, 0.4) is 0 Å². The molecule has 0 aromatic heterocycles. The van der Waals surface area contributed by atoms with Crippen LogP contribution < -0.4 is 27.2 Å². The third kappa shape index (κ3) is 11.3. The van der Waals surface area contributed by atoms with Gasteiger partial charge in [-0.2, -0.15) is 0 Å². The van der Waals surface area contributed by atoms with E-state index in [2.05, 4.69) is 50.5 Å². The van der Waals surface area contributed by atoms with E-state index in [1.807, 2.05) is 0 Å². The van der Waals surface area contributed by atoms with E-state index in [0.29, 0.717) is 0 Å². The topological polar surface area (TPSA) is 12.0 Å². The van der Waals surface area contributed by atoms with Crippen LogP contribution in [-0.2, 0) is 0 Å². The summed E-state index contributed by atoms with van der Waals surface area (Å²) >= 11 is 0. The fourth-order valence-electron chi connectivity index (χ4n) is 2.74. The monoisotopic (exact) mass is 785 g/mol. The number of hydrogen-bond acceptors (Lipinski definition) is 1. The quantitative estimate of drug-likeness (QED) is 0.126. The van der Waals surface area contributed by atoms with Crippen LogP contribution in [0.4, 0.5) is 87.8 Å². The molecule has 0 amide bonds. The molecule has 0 saturated heterocycles. The highest BCUT2D eigenvalue weighted by atomic mass is 19.2. The molecule has 1 N–H and O–H groups in total. The second-order valence-corrected chi connectivity index (χ2v) is 8.89. The summed E-state index contributed by atoms with van der Waals surface area (Å²) in [4.78, 5) is 0. The Bertz CT molecular complexity index is 1250. The van der Waals surface area contributed by atoms with Crippen molar-refractivity contribution in [2.45, 2.75) is 13.8 Å². The third-order valence-corrected chi connectivity index (χ3v) is 5.48. The molecule has 0 aliphatic heterocycles. The van der Waals surface area contributed by atoms with E-state index in [1.165, 1.54) is 0 Å². The van der Waals surface area contributed by atoms with Crippen LogP contribution in [0.5, 0.6) is 0 Å². The molecule has 8 radical (unpaired) electrons. The van der Waals surface area contributed by atoms with E-state index in [9.17, 15) is 87.8 Å². The Morgan fingerprint density at radius 1 is 0.245 bits per heavy atom. The molecule has 0 saturated carbocycles. The van der Waals surface area contributed by atoms with E-state index in [1.54, 1.807) is 0 Å². The van der Waals surface area contributed by atoms with Crippen LogP contribution in [0.15, 0.2) is 0 Å². The summed E-state index contributed by atoms with van der Waals surface area (Å²) in [5.74, 6) is -41.2. The summed E-state index contributed by atoms with van der Waals surface area (Å²) in [5.41, 5.74) is -5.48. The van der Waals surface area contributed by atoms with Crippen molar-refractivity contribution < 1.29 is 87.8 Å². The molecule has 0 aliphatic rings. The molecule has 4 aromatic rings. The molecule has 4 aromatic carbocycles. The van der Waals surface area contributed by atoms with Gasteiger partial charge in [-0.05, 0) is 34.9 Å². The summed E-state index contributed by atoms with van der Waals surface area (Å²) in [6.07, 6.45) is 0. The van der Waals surface area contributed by atoms with Gasteiger partial charge in [-0.3, -0.25) is 0 Å². The Morgan fingerprint density at radius 3 is 0.415 bits per heavy atom. The van der Waals surface area contributed by atoms with Gasteiger partial charge in [0, 0.05) is 0 Å². The molecule has 0 aliphatic carbocycles. The van der Waals surface area contributed by atoms with Gasteiger partial charge in [0.1, 0.15) is 31.4 Å². The Morgan fingerprint density at radius 2 is 0.340 bits per heavy atom. The van der Waals surface area contributed by atoms with E-state index >= 15 is 0 Å². The van der Waals surface area contributed by atoms with E-state index in [-0.39, 0.29) is 0 Å². The molecule has 1 nitrogen and oxygen atoms in total. The lowest BCUT2D eigenvalue weighted by Crippen LogP contribution is -2.20. The molecule has 53 heavy (non-hydrogen) atoms.